The average molecular weight is 327 g/mol. The highest BCUT2D eigenvalue weighted by Gasteiger charge is 2.28. The van der Waals surface area contributed by atoms with Crippen LogP contribution in [-0.4, -0.2) is 48.3 Å². The summed E-state index contributed by atoms with van der Waals surface area (Å²) in [7, 11) is 3.27. The lowest BCUT2D eigenvalue weighted by atomic mass is 9.98. The molecule has 0 radical (unpaired) electrons. The number of amides is 1. The zero-order valence-corrected chi connectivity index (χ0v) is 13.9. The van der Waals surface area contributed by atoms with E-state index in [-0.39, 0.29) is 5.91 Å². The minimum absolute atomic E-state index is 0.0436. The van der Waals surface area contributed by atoms with Crippen LogP contribution in [-0.2, 0) is 6.42 Å². The molecule has 0 aliphatic carbocycles. The molecular formula is C18H21N3O3. The van der Waals surface area contributed by atoms with Gasteiger partial charge in [0.15, 0.2) is 17.2 Å². The van der Waals surface area contributed by atoms with Crippen molar-refractivity contribution < 1.29 is 14.3 Å². The predicted octanol–water partition coefficient (Wildman–Crippen LogP) is 2.20. The highest BCUT2D eigenvalue weighted by molar-refractivity contribution is 5.92. The molecule has 0 N–H and O–H groups in total. The number of methoxy groups -OCH3 is 2. The lowest BCUT2D eigenvalue weighted by Crippen LogP contribution is -2.29. The van der Waals surface area contributed by atoms with Gasteiger partial charge in [-0.3, -0.25) is 4.79 Å². The van der Waals surface area contributed by atoms with E-state index in [0.717, 1.165) is 37.4 Å². The monoisotopic (exact) mass is 327 g/mol. The molecule has 24 heavy (non-hydrogen) atoms. The molecule has 0 spiro atoms. The molecule has 3 rings (SSSR count). The van der Waals surface area contributed by atoms with E-state index in [0.29, 0.717) is 11.6 Å². The van der Waals surface area contributed by atoms with E-state index in [1.165, 1.54) is 5.56 Å². The van der Waals surface area contributed by atoms with Crippen molar-refractivity contribution in [1.29, 1.82) is 0 Å². The van der Waals surface area contributed by atoms with Gasteiger partial charge in [0.25, 0.3) is 5.91 Å². The number of hydrogen-bond donors (Lipinski definition) is 0. The number of nitrogens with zero attached hydrogens (tertiary/aromatic N) is 3. The van der Waals surface area contributed by atoms with Gasteiger partial charge in [-0.2, -0.15) is 5.10 Å². The summed E-state index contributed by atoms with van der Waals surface area (Å²) in [4.78, 5) is 14.3. The molecule has 1 amide bonds. The van der Waals surface area contributed by atoms with Crippen LogP contribution >= 0.6 is 0 Å². The Bertz CT molecular complexity index is 706. The van der Waals surface area contributed by atoms with E-state index in [9.17, 15) is 4.79 Å². The third-order valence-electron chi connectivity index (χ3n) is 4.34. The number of rotatable bonds is 5. The van der Waals surface area contributed by atoms with E-state index in [1.54, 1.807) is 32.5 Å². The molecule has 1 saturated heterocycles. The van der Waals surface area contributed by atoms with Gasteiger partial charge in [0, 0.05) is 19.3 Å². The molecule has 0 bridgehead atoms. The minimum Gasteiger partial charge on any atom is -0.493 e. The maximum absolute atomic E-state index is 12.4. The average Bonchev–Trinajstić information content (AvgIpc) is 3.10. The van der Waals surface area contributed by atoms with E-state index >= 15 is 0 Å². The van der Waals surface area contributed by atoms with Crippen molar-refractivity contribution in [1.82, 2.24) is 15.1 Å². The fourth-order valence-electron chi connectivity index (χ4n) is 3.10. The van der Waals surface area contributed by atoms with Gasteiger partial charge in [0.2, 0.25) is 0 Å². The van der Waals surface area contributed by atoms with E-state index < -0.39 is 0 Å². The molecule has 2 aromatic rings. The summed E-state index contributed by atoms with van der Waals surface area (Å²) in [5.41, 5.74) is 1.59. The first-order chi connectivity index (χ1) is 11.7. The molecule has 1 aliphatic rings. The van der Waals surface area contributed by atoms with Crippen LogP contribution in [0.25, 0.3) is 0 Å². The van der Waals surface area contributed by atoms with Gasteiger partial charge in [-0.05, 0) is 48.6 Å². The summed E-state index contributed by atoms with van der Waals surface area (Å²) >= 11 is 0. The number of benzene rings is 1. The molecule has 6 heteroatoms. The van der Waals surface area contributed by atoms with E-state index in [4.69, 9.17) is 9.47 Å². The van der Waals surface area contributed by atoms with Crippen molar-refractivity contribution in [3.63, 3.8) is 0 Å². The van der Waals surface area contributed by atoms with Gasteiger partial charge < -0.3 is 14.4 Å². The molecule has 1 aliphatic heterocycles. The Morgan fingerprint density at radius 2 is 2.08 bits per heavy atom. The Labute approximate surface area is 141 Å². The Morgan fingerprint density at radius 3 is 2.79 bits per heavy atom. The Kier molecular flexibility index (Phi) is 4.93. The number of carbonyl (C=O) groups is 1. The molecule has 1 unspecified atom stereocenters. The van der Waals surface area contributed by atoms with Crippen molar-refractivity contribution in [2.24, 2.45) is 5.92 Å². The van der Waals surface area contributed by atoms with Gasteiger partial charge in [0.05, 0.1) is 14.2 Å². The summed E-state index contributed by atoms with van der Waals surface area (Å²) in [6, 6.07) is 9.42. The van der Waals surface area contributed by atoms with Gasteiger partial charge in [-0.15, -0.1) is 5.10 Å². The fourth-order valence-corrected chi connectivity index (χ4v) is 3.10. The summed E-state index contributed by atoms with van der Waals surface area (Å²) in [6.07, 6.45) is 3.46. The number of aromatic nitrogens is 2. The normalized spacial score (nSPS) is 16.9. The molecule has 1 aromatic carbocycles. The standard InChI is InChI=1S/C18H21N3O3/c1-23-16-6-5-13(11-17(16)24-2)10-14-7-9-21(12-14)18(22)15-4-3-8-19-20-15/h3-6,8,11,14H,7,9-10,12H2,1-2H3. The number of ether oxygens (including phenoxy) is 2. The lowest BCUT2D eigenvalue weighted by molar-refractivity contribution is 0.0780. The maximum atomic E-state index is 12.4. The quantitative estimate of drug-likeness (QED) is 0.842. The Morgan fingerprint density at radius 1 is 1.25 bits per heavy atom. The second kappa shape index (κ2) is 7.29. The summed E-state index contributed by atoms with van der Waals surface area (Å²) < 4.78 is 10.6. The molecule has 2 heterocycles. The van der Waals surface area contributed by atoms with Crippen LogP contribution in [0.15, 0.2) is 36.5 Å². The molecule has 1 atom stereocenters. The van der Waals surface area contributed by atoms with Crippen LogP contribution in [0, 0.1) is 5.92 Å². The molecule has 6 nitrogen and oxygen atoms in total. The topological polar surface area (TPSA) is 64.5 Å². The number of carbonyl (C=O) groups excluding carboxylic acids is 1. The van der Waals surface area contributed by atoms with Crippen molar-refractivity contribution >= 4 is 5.91 Å². The maximum Gasteiger partial charge on any atom is 0.274 e. The molecule has 0 saturated carbocycles. The number of hydrogen-bond acceptors (Lipinski definition) is 5. The van der Waals surface area contributed by atoms with Gasteiger partial charge in [-0.25, -0.2) is 0 Å². The number of likely N-dealkylation sites (tertiary alicyclic amines) is 1. The van der Waals surface area contributed by atoms with Crippen LogP contribution < -0.4 is 9.47 Å². The zero-order chi connectivity index (χ0) is 16.9. The van der Waals surface area contributed by atoms with E-state index in [1.807, 2.05) is 17.0 Å². The highest BCUT2D eigenvalue weighted by atomic mass is 16.5. The SMILES string of the molecule is COc1ccc(CC2CCN(C(=O)c3cccnn3)C2)cc1OC. The van der Waals surface area contributed by atoms with E-state index in [2.05, 4.69) is 16.3 Å². The largest absolute Gasteiger partial charge is 0.493 e. The summed E-state index contributed by atoms with van der Waals surface area (Å²) in [6.45, 7) is 1.50. The highest BCUT2D eigenvalue weighted by Crippen LogP contribution is 2.30. The van der Waals surface area contributed by atoms with Gasteiger partial charge in [0.1, 0.15) is 0 Å². The molecule has 1 aromatic heterocycles. The second-order valence-electron chi connectivity index (χ2n) is 5.91. The first-order valence-corrected chi connectivity index (χ1v) is 7.99. The Hall–Kier alpha value is -2.63. The van der Waals surface area contributed by atoms with Crippen LogP contribution in [0.4, 0.5) is 0 Å². The smallest absolute Gasteiger partial charge is 0.274 e. The summed E-state index contributed by atoms with van der Waals surface area (Å²) in [5, 5.41) is 7.68. The minimum atomic E-state index is -0.0436. The Balaban J connectivity index is 1.63. The van der Waals surface area contributed by atoms with Gasteiger partial charge in [-0.1, -0.05) is 6.07 Å². The van der Waals surface area contributed by atoms with Crippen molar-refractivity contribution in [2.45, 2.75) is 12.8 Å². The third kappa shape index (κ3) is 3.48. The third-order valence-corrected chi connectivity index (χ3v) is 4.34. The molecule has 1 fully saturated rings. The van der Waals surface area contributed by atoms with Gasteiger partial charge >= 0.3 is 0 Å². The van der Waals surface area contributed by atoms with Crippen LogP contribution in [0.1, 0.15) is 22.5 Å². The fraction of sp³-hybridized carbons (Fsp3) is 0.389. The van der Waals surface area contributed by atoms with Crippen LogP contribution in [0.5, 0.6) is 11.5 Å². The van der Waals surface area contributed by atoms with Crippen molar-refractivity contribution in [3.05, 3.63) is 47.8 Å². The van der Waals surface area contributed by atoms with Crippen LogP contribution in [0.2, 0.25) is 0 Å². The predicted molar refractivity (Wildman–Crippen MR) is 89.3 cm³/mol. The molecular weight excluding hydrogens is 306 g/mol. The molecule has 126 valence electrons. The van der Waals surface area contributed by atoms with Crippen LogP contribution in [0.3, 0.4) is 0 Å². The summed E-state index contributed by atoms with van der Waals surface area (Å²) in [5.74, 6) is 1.86. The first kappa shape index (κ1) is 16.2. The van der Waals surface area contributed by atoms with Crippen molar-refractivity contribution in [2.75, 3.05) is 27.3 Å². The van der Waals surface area contributed by atoms with Crippen molar-refractivity contribution in [3.8, 4) is 11.5 Å². The zero-order valence-electron chi connectivity index (χ0n) is 13.9. The first-order valence-electron chi connectivity index (χ1n) is 7.99. The lowest BCUT2D eigenvalue weighted by Gasteiger charge is -2.16. The second-order valence-corrected chi connectivity index (χ2v) is 5.91.